The Morgan fingerprint density at radius 3 is 2.25 bits per heavy atom. The van der Waals surface area contributed by atoms with Gasteiger partial charge in [-0.25, -0.2) is 8.42 Å². The third-order valence-electron chi connectivity index (χ3n) is 4.36. The van der Waals surface area contributed by atoms with Crippen molar-refractivity contribution in [3.8, 4) is 0 Å². The summed E-state index contributed by atoms with van der Waals surface area (Å²) < 4.78 is 25.4. The van der Waals surface area contributed by atoms with Crippen LogP contribution < -0.4 is 9.62 Å². The smallest absolute Gasteiger partial charge is 0.240 e. The summed E-state index contributed by atoms with van der Waals surface area (Å²) in [5, 5.41) is 3.44. The molecule has 0 radical (unpaired) electrons. The van der Waals surface area contributed by atoms with Crippen molar-refractivity contribution in [2.75, 3.05) is 23.7 Å². The van der Waals surface area contributed by atoms with Crippen LogP contribution in [0.3, 0.4) is 0 Å². The molecular formula is C20H24Cl2N2O3S. The lowest BCUT2D eigenvalue weighted by Gasteiger charge is -2.23. The SMILES string of the molecule is CCC(CNC(=O)CN(c1cc(Cl)cc(Cl)c1)S(C)(=O)=O)Cc1ccccc1. The number of carbonyl (C=O) groups excluding carboxylic acids is 1. The minimum absolute atomic E-state index is 0.256. The highest BCUT2D eigenvalue weighted by Crippen LogP contribution is 2.26. The number of carbonyl (C=O) groups is 1. The van der Waals surface area contributed by atoms with Gasteiger partial charge >= 0.3 is 0 Å². The predicted molar refractivity (Wildman–Crippen MR) is 116 cm³/mol. The molecule has 1 unspecified atom stereocenters. The highest BCUT2D eigenvalue weighted by Gasteiger charge is 2.22. The molecule has 5 nitrogen and oxygen atoms in total. The zero-order valence-electron chi connectivity index (χ0n) is 15.9. The van der Waals surface area contributed by atoms with E-state index in [9.17, 15) is 13.2 Å². The van der Waals surface area contributed by atoms with Gasteiger partial charge in [0.2, 0.25) is 15.9 Å². The van der Waals surface area contributed by atoms with Crippen LogP contribution in [0, 0.1) is 5.92 Å². The van der Waals surface area contributed by atoms with Crippen LogP contribution in [0.1, 0.15) is 18.9 Å². The molecular weight excluding hydrogens is 419 g/mol. The van der Waals surface area contributed by atoms with Gasteiger partial charge in [-0.05, 0) is 36.1 Å². The highest BCUT2D eigenvalue weighted by atomic mass is 35.5. The molecule has 152 valence electrons. The maximum absolute atomic E-state index is 12.4. The first-order valence-electron chi connectivity index (χ1n) is 8.93. The summed E-state index contributed by atoms with van der Waals surface area (Å²) >= 11 is 11.9. The van der Waals surface area contributed by atoms with E-state index in [1.54, 1.807) is 0 Å². The van der Waals surface area contributed by atoms with Gasteiger partial charge < -0.3 is 5.32 Å². The van der Waals surface area contributed by atoms with Crippen LogP contribution in [0.2, 0.25) is 10.0 Å². The molecule has 0 heterocycles. The fraction of sp³-hybridized carbons (Fsp3) is 0.350. The van der Waals surface area contributed by atoms with E-state index in [0.29, 0.717) is 16.6 Å². The standard InChI is InChI=1S/C20H24Cl2N2O3S/c1-3-15(9-16-7-5-4-6-8-16)13-23-20(25)14-24(28(2,26)27)19-11-17(21)10-18(22)12-19/h4-8,10-12,15H,3,9,13-14H2,1-2H3,(H,23,25). The van der Waals surface area contributed by atoms with E-state index in [-0.39, 0.29) is 24.1 Å². The average Bonchev–Trinajstić information content (AvgIpc) is 2.62. The lowest BCUT2D eigenvalue weighted by molar-refractivity contribution is -0.119. The van der Waals surface area contributed by atoms with E-state index in [2.05, 4.69) is 24.4 Å². The molecule has 0 saturated heterocycles. The molecule has 0 aliphatic heterocycles. The second-order valence-electron chi connectivity index (χ2n) is 6.67. The van der Waals surface area contributed by atoms with Crippen molar-refractivity contribution in [3.63, 3.8) is 0 Å². The van der Waals surface area contributed by atoms with E-state index < -0.39 is 10.0 Å². The van der Waals surface area contributed by atoms with Gasteiger partial charge in [0.15, 0.2) is 0 Å². The van der Waals surface area contributed by atoms with E-state index >= 15 is 0 Å². The van der Waals surface area contributed by atoms with E-state index in [0.717, 1.165) is 23.4 Å². The lowest BCUT2D eigenvalue weighted by Crippen LogP contribution is -2.41. The van der Waals surface area contributed by atoms with Crippen LogP contribution in [0.4, 0.5) is 5.69 Å². The summed E-state index contributed by atoms with van der Waals surface area (Å²) in [6.07, 6.45) is 2.78. The maximum atomic E-state index is 12.4. The third kappa shape index (κ3) is 7.00. The van der Waals surface area contributed by atoms with Crippen molar-refractivity contribution in [2.45, 2.75) is 19.8 Å². The number of anilines is 1. The van der Waals surface area contributed by atoms with Crippen molar-refractivity contribution in [1.29, 1.82) is 0 Å². The Kier molecular flexibility index (Phi) is 8.16. The summed E-state index contributed by atoms with van der Waals surface area (Å²) in [7, 11) is -3.68. The Hall–Kier alpha value is -1.76. The number of hydrogen-bond donors (Lipinski definition) is 1. The van der Waals surface area contributed by atoms with Gasteiger partial charge in [-0.1, -0.05) is 66.9 Å². The van der Waals surface area contributed by atoms with Crippen molar-refractivity contribution in [2.24, 2.45) is 5.92 Å². The van der Waals surface area contributed by atoms with Crippen molar-refractivity contribution < 1.29 is 13.2 Å². The second kappa shape index (κ2) is 10.1. The number of nitrogens with one attached hydrogen (secondary N) is 1. The number of hydrogen-bond acceptors (Lipinski definition) is 3. The molecule has 0 aliphatic rings. The quantitative estimate of drug-likeness (QED) is 0.634. The van der Waals surface area contributed by atoms with Gasteiger partial charge in [0, 0.05) is 16.6 Å². The minimum atomic E-state index is -3.68. The summed E-state index contributed by atoms with van der Waals surface area (Å²) in [5.74, 6) is -0.119. The lowest BCUT2D eigenvalue weighted by atomic mass is 9.97. The number of rotatable bonds is 9. The molecule has 0 aromatic heterocycles. The van der Waals surface area contributed by atoms with Crippen LogP contribution >= 0.6 is 23.2 Å². The van der Waals surface area contributed by atoms with Crippen molar-refractivity contribution in [1.82, 2.24) is 5.32 Å². The topological polar surface area (TPSA) is 66.5 Å². The number of sulfonamides is 1. The Labute approximate surface area is 176 Å². The molecule has 2 rings (SSSR count). The van der Waals surface area contributed by atoms with E-state index in [1.807, 2.05) is 18.2 Å². The average molecular weight is 443 g/mol. The van der Waals surface area contributed by atoms with Crippen LogP contribution in [-0.2, 0) is 21.2 Å². The molecule has 1 N–H and O–H groups in total. The Balaban J connectivity index is 2.03. The molecule has 2 aromatic carbocycles. The van der Waals surface area contributed by atoms with Gasteiger partial charge in [0.1, 0.15) is 6.54 Å². The highest BCUT2D eigenvalue weighted by molar-refractivity contribution is 7.92. The summed E-state index contributed by atoms with van der Waals surface area (Å²) in [4.78, 5) is 12.4. The number of benzene rings is 2. The number of halogens is 2. The van der Waals surface area contributed by atoms with Gasteiger partial charge in [0.05, 0.1) is 11.9 Å². The summed E-state index contributed by atoms with van der Waals surface area (Å²) in [6, 6.07) is 14.5. The van der Waals surface area contributed by atoms with Crippen LogP contribution in [0.5, 0.6) is 0 Å². The van der Waals surface area contributed by atoms with E-state index in [4.69, 9.17) is 23.2 Å². The van der Waals surface area contributed by atoms with Crippen molar-refractivity contribution in [3.05, 3.63) is 64.1 Å². The molecule has 1 atom stereocenters. The first kappa shape index (κ1) is 22.5. The first-order chi connectivity index (χ1) is 13.2. The van der Waals surface area contributed by atoms with Gasteiger partial charge in [-0.3, -0.25) is 9.10 Å². The largest absolute Gasteiger partial charge is 0.354 e. The van der Waals surface area contributed by atoms with Gasteiger partial charge in [-0.15, -0.1) is 0 Å². The Morgan fingerprint density at radius 1 is 1.11 bits per heavy atom. The van der Waals surface area contributed by atoms with Crippen LogP contribution in [0.25, 0.3) is 0 Å². The minimum Gasteiger partial charge on any atom is -0.354 e. The van der Waals surface area contributed by atoms with E-state index in [1.165, 1.54) is 23.8 Å². The third-order valence-corrected chi connectivity index (χ3v) is 5.93. The number of nitrogens with zero attached hydrogens (tertiary/aromatic N) is 1. The zero-order chi connectivity index (χ0) is 20.7. The molecule has 28 heavy (non-hydrogen) atoms. The fourth-order valence-electron chi connectivity index (χ4n) is 2.84. The Morgan fingerprint density at radius 2 is 1.71 bits per heavy atom. The fourth-order valence-corrected chi connectivity index (χ4v) is 4.19. The summed E-state index contributed by atoms with van der Waals surface area (Å²) in [6.45, 7) is 2.20. The predicted octanol–water partition coefficient (Wildman–Crippen LogP) is 4.14. The molecule has 2 aromatic rings. The molecule has 0 spiro atoms. The van der Waals surface area contributed by atoms with Gasteiger partial charge in [-0.2, -0.15) is 0 Å². The molecule has 1 amide bonds. The first-order valence-corrected chi connectivity index (χ1v) is 11.5. The monoisotopic (exact) mass is 442 g/mol. The second-order valence-corrected chi connectivity index (χ2v) is 9.45. The zero-order valence-corrected chi connectivity index (χ0v) is 18.2. The summed E-state index contributed by atoms with van der Waals surface area (Å²) in [5.41, 5.74) is 1.46. The van der Waals surface area contributed by atoms with Crippen LogP contribution in [-0.4, -0.2) is 33.7 Å². The normalized spacial score (nSPS) is 12.4. The van der Waals surface area contributed by atoms with Crippen molar-refractivity contribution >= 4 is 44.8 Å². The number of amides is 1. The molecule has 0 bridgehead atoms. The molecule has 8 heteroatoms. The molecule has 0 fully saturated rings. The Bertz CT molecular complexity index is 885. The van der Waals surface area contributed by atoms with Crippen LogP contribution in [0.15, 0.2) is 48.5 Å². The molecule has 0 saturated carbocycles. The molecule has 0 aliphatic carbocycles. The van der Waals surface area contributed by atoms with Gasteiger partial charge in [0.25, 0.3) is 0 Å². The maximum Gasteiger partial charge on any atom is 0.240 e.